The van der Waals surface area contributed by atoms with E-state index in [2.05, 4.69) is 30.9 Å². The van der Waals surface area contributed by atoms with Crippen molar-refractivity contribution in [3.8, 4) is 0 Å². The monoisotopic (exact) mass is 233 g/mol. The number of nitrogens with zero attached hydrogens (tertiary/aromatic N) is 1. The first-order chi connectivity index (χ1) is 8.24. The molecule has 94 valence electrons. The van der Waals surface area contributed by atoms with Gasteiger partial charge in [0.25, 0.3) is 0 Å². The minimum atomic E-state index is 0.363. The Morgan fingerprint density at radius 1 is 1.06 bits per heavy atom. The molecular formula is C15H23NO. The van der Waals surface area contributed by atoms with Gasteiger partial charge in [-0.3, -0.25) is 0 Å². The van der Waals surface area contributed by atoms with E-state index in [4.69, 9.17) is 4.74 Å². The Balaban J connectivity index is 1.77. The molecule has 1 saturated carbocycles. The molecule has 3 rings (SSSR count). The van der Waals surface area contributed by atoms with Crippen LogP contribution in [0.5, 0.6) is 0 Å². The fourth-order valence-corrected chi connectivity index (χ4v) is 3.14. The molecule has 0 aromatic heterocycles. The molecule has 17 heavy (non-hydrogen) atoms. The van der Waals surface area contributed by atoms with Crippen molar-refractivity contribution in [2.24, 2.45) is 5.92 Å². The van der Waals surface area contributed by atoms with Crippen LogP contribution in [0.15, 0.2) is 23.4 Å². The summed E-state index contributed by atoms with van der Waals surface area (Å²) in [6.07, 6.45) is 10.9. The van der Waals surface area contributed by atoms with Gasteiger partial charge in [0, 0.05) is 18.8 Å². The quantitative estimate of drug-likeness (QED) is 0.726. The van der Waals surface area contributed by atoms with E-state index in [-0.39, 0.29) is 0 Å². The summed E-state index contributed by atoms with van der Waals surface area (Å²) >= 11 is 0. The van der Waals surface area contributed by atoms with E-state index < -0.39 is 0 Å². The van der Waals surface area contributed by atoms with Gasteiger partial charge in [-0.2, -0.15) is 0 Å². The van der Waals surface area contributed by atoms with E-state index >= 15 is 0 Å². The van der Waals surface area contributed by atoms with Crippen LogP contribution in [0.2, 0.25) is 0 Å². The fourth-order valence-electron chi connectivity index (χ4n) is 3.14. The molecule has 0 radical (unpaired) electrons. The lowest BCUT2D eigenvalue weighted by Gasteiger charge is -2.39. The minimum Gasteiger partial charge on any atom is -0.372 e. The molecule has 0 spiro atoms. The third kappa shape index (κ3) is 2.42. The highest BCUT2D eigenvalue weighted by Gasteiger charge is 2.33. The van der Waals surface area contributed by atoms with Gasteiger partial charge in [0.2, 0.25) is 0 Å². The van der Waals surface area contributed by atoms with Crippen LogP contribution in [0.1, 0.15) is 39.5 Å². The molecule has 3 aliphatic rings. The topological polar surface area (TPSA) is 12.5 Å². The number of ether oxygens (including phenoxy) is 1. The molecule has 0 bridgehead atoms. The van der Waals surface area contributed by atoms with Crippen LogP contribution in [0.4, 0.5) is 0 Å². The van der Waals surface area contributed by atoms with Crippen molar-refractivity contribution in [2.75, 3.05) is 13.1 Å². The van der Waals surface area contributed by atoms with Gasteiger partial charge in [-0.1, -0.05) is 12.2 Å². The first-order valence-electron chi connectivity index (χ1n) is 7.05. The second-order valence-electron chi connectivity index (χ2n) is 5.76. The molecule has 1 aliphatic heterocycles. The summed E-state index contributed by atoms with van der Waals surface area (Å²) < 4.78 is 5.83. The second-order valence-corrected chi connectivity index (χ2v) is 5.76. The molecule has 2 fully saturated rings. The van der Waals surface area contributed by atoms with E-state index in [9.17, 15) is 0 Å². The van der Waals surface area contributed by atoms with E-state index in [1.165, 1.54) is 31.4 Å². The Kier molecular flexibility index (Phi) is 2.99. The van der Waals surface area contributed by atoms with Crippen LogP contribution in [-0.4, -0.2) is 30.2 Å². The zero-order valence-corrected chi connectivity index (χ0v) is 11.0. The predicted molar refractivity (Wildman–Crippen MR) is 69.7 cm³/mol. The Labute approximate surface area is 104 Å². The largest absolute Gasteiger partial charge is 0.372 e. The SMILES string of the molecule is C[C@@H]1CN(C2=CCCC=C2C2CC2)C[C@H](C)O1. The van der Waals surface area contributed by atoms with Crippen molar-refractivity contribution < 1.29 is 4.74 Å². The molecule has 0 aromatic rings. The third-order valence-corrected chi connectivity index (χ3v) is 3.94. The average Bonchev–Trinajstić information content (AvgIpc) is 3.11. The van der Waals surface area contributed by atoms with E-state index in [0.717, 1.165) is 19.0 Å². The molecule has 0 N–H and O–H groups in total. The lowest BCUT2D eigenvalue weighted by molar-refractivity contribution is -0.0573. The zero-order valence-electron chi connectivity index (χ0n) is 11.0. The van der Waals surface area contributed by atoms with Gasteiger partial charge >= 0.3 is 0 Å². The first kappa shape index (κ1) is 11.3. The van der Waals surface area contributed by atoms with Gasteiger partial charge in [0.1, 0.15) is 0 Å². The second kappa shape index (κ2) is 4.49. The van der Waals surface area contributed by atoms with Crippen molar-refractivity contribution in [1.29, 1.82) is 0 Å². The van der Waals surface area contributed by atoms with Gasteiger partial charge in [0.15, 0.2) is 0 Å². The number of rotatable bonds is 2. The fraction of sp³-hybridized carbons (Fsp3) is 0.733. The summed E-state index contributed by atoms with van der Waals surface area (Å²) in [5.41, 5.74) is 3.17. The van der Waals surface area contributed by atoms with Gasteiger partial charge in [-0.25, -0.2) is 0 Å². The van der Waals surface area contributed by atoms with Crippen LogP contribution >= 0.6 is 0 Å². The molecule has 2 heteroatoms. The summed E-state index contributed by atoms with van der Waals surface area (Å²) in [5.74, 6) is 0.870. The van der Waals surface area contributed by atoms with Gasteiger partial charge in [-0.05, 0) is 51.0 Å². The van der Waals surface area contributed by atoms with E-state index in [0.29, 0.717) is 12.2 Å². The highest BCUT2D eigenvalue weighted by atomic mass is 16.5. The molecule has 0 aromatic carbocycles. The van der Waals surface area contributed by atoms with Crippen molar-refractivity contribution in [3.63, 3.8) is 0 Å². The van der Waals surface area contributed by atoms with E-state index in [1.807, 2.05) is 0 Å². The maximum Gasteiger partial charge on any atom is 0.0726 e. The Hall–Kier alpha value is -0.760. The smallest absolute Gasteiger partial charge is 0.0726 e. The number of hydrogen-bond donors (Lipinski definition) is 0. The van der Waals surface area contributed by atoms with Crippen molar-refractivity contribution >= 4 is 0 Å². The van der Waals surface area contributed by atoms with E-state index in [1.54, 1.807) is 5.57 Å². The van der Waals surface area contributed by atoms with Crippen molar-refractivity contribution in [3.05, 3.63) is 23.4 Å². The van der Waals surface area contributed by atoms with Crippen molar-refractivity contribution in [2.45, 2.75) is 51.7 Å². The Morgan fingerprint density at radius 2 is 1.71 bits per heavy atom. The maximum absolute atomic E-state index is 5.83. The molecule has 2 nitrogen and oxygen atoms in total. The highest BCUT2D eigenvalue weighted by Crippen LogP contribution is 2.43. The average molecular weight is 233 g/mol. The molecule has 0 unspecified atom stereocenters. The third-order valence-electron chi connectivity index (χ3n) is 3.94. The zero-order chi connectivity index (χ0) is 11.8. The van der Waals surface area contributed by atoms with Crippen molar-refractivity contribution in [1.82, 2.24) is 4.90 Å². The maximum atomic E-state index is 5.83. The summed E-state index contributed by atoms with van der Waals surface area (Å²) in [6, 6.07) is 0. The van der Waals surface area contributed by atoms with Gasteiger partial charge < -0.3 is 9.64 Å². The molecule has 0 amide bonds. The minimum absolute atomic E-state index is 0.363. The summed E-state index contributed by atoms with van der Waals surface area (Å²) in [7, 11) is 0. The molecule has 1 heterocycles. The van der Waals surface area contributed by atoms with Crippen LogP contribution in [0.25, 0.3) is 0 Å². The molecular weight excluding hydrogens is 210 g/mol. The Bertz CT molecular complexity index is 344. The molecule has 2 atom stereocenters. The standard InChI is InChI=1S/C15H23NO/c1-11-9-16(10-12(2)17-11)15-6-4-3-5-14(15)13-7-8-13/h5-6,11-13H,3-4,7-10H2,1-2H3/t11-,12+. The lowest BCUT2D eigenvalue weighted by Crippen LogP contribution is -2.45. The Morgan fingerprint density at radius 3 is 2.35 bits per heavy atom. The van der Waals surface area contributed by atoms with Crippen LogP contribution in [-0.2, 0) is 4.74 Å². The number of allylic oxidation sites excluding steroid dienone is 3. The molecule has 2 aliphatic carbocycles. The van der Waals surface area contributed by atoms with Crippen LogP contribution < -0.4 is 0 Å². The highest BCUT2D eigenvalue weighted by molar-refractivity contribution is 5.37. The van der Waals surface area contributed by atoms with Gasteiger partial charge in [0.05, 0.1) is 12.2 Å². The summed E-state index contributed by atoms with van der Waals surface area (Å²) in [6.45, 7) is 6.49. The summed E-state index contributed by atoms with van der Waals surface area (Å²) in [4.78, 5) is 2.56. The molecule has 1 saturated heterocycles. The normalized spacial score (nSPS) is 34.4. The summed E-state index contributed by atoms with van der Waals surface area (Å²) in [5, 5.41) is 0. The van der Waals surface area contributed by atoms with Crippen LogP contribution in [0, 0.1) is 5.92 Å². The van der Waals surface area contributed by atoms with Crippen LogP contribution in [0.3, 0.4) is 0 Å². The lowest BCUT2D eigenvalue weighted by atomic mass is 9.97. The predicted octanol–water partition coefficient (Wildman–Crippen LogP) is 3.11. The first-order valence-corrected chi connectivity index (χ1v) is 7.05. The number of hydrogen-bond acceptors (Lipinski definition) is 2. The van der Waals surface area contributed by atoms with Gasteiger partial charge in [-0.15, -0.1) is 0 Å². The number of morpholine rings is 1.